The lowest BCUT2D eigenvalue weighted by molar-refractivity contribution is 0.548. The van der Waals surface area contributed by atoms with Crippen molar-refractivity contribution in [2.24, 2.45) is 11.8 Å². The van der Waals surface area contributed by atoms with Crippen molar-refractivity contribution in [1.29, 1.82) is 0 Å². The number of aromatic nitrogens is 3. The number of aryl methyl sites for hydroxylation is 2. The Kier molecular flexibility index (Phi) is 6.37. The fraction of sp³-hybridized carbons (Fsp3) is 0.867. The van der Waals surface area contributed by atoms with Gasteiger partial charge in [0.1, 0.15) is 0 Å². The second-order valence-corrected chi connectivity index (χ2v) is 4.63. The van der Waals surface area contributed by atoms with E-state index in [2.05, 4.69) is 21.9 Å². The van der Waals surface area contributed by atoms with Gasteiger partial charge in [-0.05, 0) is 50.9 Å². The molecule has 0 amide bonds. The normalized spacial score (nSPS) is 24.1. The van der Waals surface area contributed by atoms with Gasteiger partial charge in [0, 0.05) is 6.54 Å². The van der Waals surface area contributed by atoms with Crippen molar-refractivity contribution in [3.63, 3.8) is 0 Å². The van der Waals surface area contributed by atoms with Crippen molar-refractivity contribution in [3.05, 3.63) is 11.4 Å². The van der Waals surface area contributed by atoms with Gasteiger partial charge in [-0.3, -0.25) is 0 Å². The molecular weight excluding hydrogens is 222 g/mol. The van der Waals surface area contributed by atoms with Crippen LogP contribution in [0.4, 0.5) is 0 Å². The summed E-state index contributed by atoms with van der Waals surface area (Å²) < 4.78 is 2.08. The van der Waals surface area contributed by atoms with Crippen LogP contribution in [0.3, 0.4) is 0 Å². The molecule has 3 nitrogen and oxygen atoms in total. The van der Waals surface area contributed by atoms with Crippen LogP contribution in [0.2, 0.25) is 0 Å². The van der Waals surface area contributed by atoms with Crippen molar-refractivity contribution in [3.8, 4) is 0 Å². The molecule has 1 saturated carbocycles. The SMILES string of the molecule is CC.CC.CCn1nnc2c1CC[C@H]1C[C@H]1CC2. The van der Waals surface area contributed by atoms with E-state index in [-0.39, 0.29) is 0 Å². The van der Waals surface area contributed by atoms with Gasteiger partial charge in [-0.25, -0.2) is 4.68 Å². The van der Waals surface area contributed by atoms with Gasteiger partial charge < -0.3 is 0 Å². The molecule has 104 valence electrons. The summed E-state index contributed by atoms with van der Waals surface area (Å²) in [4.78, 5) is 0. The third kappa shape index (κ3) is 3.33. The number of hydrogen-bond acceptors (Lipinski definition) is 2. The molecule has 0 unspecified atom stereocenters. The largest absolute Gasteiger partial charge is 0.249 e. The molecule has 0 aromatic carbocycles. The van der Waals surface area contributed by atoms with Gasteiger partial charge in [-0.2, -0.15) is 0 Å². The van der Waals surface area contributed by atoms with E-state index in [4.69, 9.17) is 0 Å². The minimum Gasteiger partial charge on any atom is -0.249 e. The van der Waals surface area contributed by atoms with E-state index in [0.29, 0.717) is 0 Å². The van der Waals surface area contributed by atoms with Crippen molar-refractivity contribution in [1.82, 2.24) is 15.0 Å². The van der Waals surface area contributed by atoms with Crippen LogP contribution >= 0.6 is 0 Å². The van der Waals surface area contributed by atoms with Gasteiger partial charge in [-0.1, -0.05) is 32.9 Å². The van der Waals surface area contributed by atoms with Crippen molar-refractivity contribution < 1.29 is 0 Å². The lowest BCUT2D eigenvalue weighted by Gasteiger charge is -2.09. The third-order valence-electron chi connectivity index (χ3n) is 3.79. The van der Waals surface area contributed by atoms with Gasteiger partial charge in [0.15, 0.2) is 0 Å². The molecule has 0 aliphatic heterocycles. The molecule has 3 heteroatoms. The molecule has 2 aliphatic rings. The van der Waals surface area contributed by atoms with E-state index in [1.165, 1.54) is 37.1 Å². The molecule has 3 rings (SSSR count). The maximum absolute atomic E-state index is 4.30. The average molecular weight is 251 g/mol. The Labute approximate surface area is 112 Å². The average Bonchev–Trinajstić information content (AvgIpc) is 3.05. The zero-order chi connectivity index (χ0) is 13.5. The van der Waals surface area contributed by atoms with E-state index in [9.17, 15) is 0 Å². The topological polar surface area (TPSA) is 30.7 Å². The maximum atomic E-state index is 4.30. The fourth-order valence-corrected chi connectivity index (χ4v) is 2.75. The van der Waals surface area contributed by atoms with Crippen LogP contribution in [0.15, 0.2) is 0 Å². The monoisotopic (exact) mass is 251 g/mol. The van der Waals surface area contributed by atoms with Crippen LogP contribution in [0, 0.1) is 11.8 Å². The quantitative estimate of drug-likeness (QED) is 0.758. The predicted molar refractivity (Wildman–Crippen MR) is 76.6 cm³/mol. The van der Waals surface area contributed by atoms with E-state index >= 15 is 0 Å². The zero-order valence-corrected chi connectivity index (χ0v) is 12.7. The Morgan fingerprint density at radius 2 is 1.67 bits per heavy atom. The summed E-state index contributed by atoms with van der Waals surface area (Å²) in [5.74, 6) is 2.05. The highest BCUT2D eigenvalue weighted by molar-refractivity contribution is 5.13. The Hall–Kier alpha value is -0.860. The molecule has 2 atom stereocenters. The lowest BCUT2D eigenvalue weighted by atomic mass is 10.0. The smallest absolute Gasteiger partial charge is 0.0859 e. The Morgan fingerprint density at radius 1 is 1.06 bits per heavy atom. The fourth-order valence-electron chi connectivity index (χ4n) is 2.75. The van der Waals surface area contributed by atoms with Crippen molar-refractivity contribution in [2.45, 2.75) is 73.3 Å². The summed E-state index contributed by atoms with van der Waals surface area (Å²) in [6, 6.07) is 0. The summed E-state index contributed by atoms with van der Waals surface area (Å²) in [7, 11) is 0. The lowest BCUT2D eigenvalue weighted by Crippen LogP contribution is -2.07. The molecule has 1 fully saturated rings. The molecule has 0 radical (unpaired) electrons. The van der Waals surface area contributed by atoms with Crippen LogP contribution < -0.4 is 0 Å². The standard InChI is InChI=1S/C11H17N3.2C2H6/c1-2-14-11-6-4-9-7-8(9)3-5-10(11)12-13-14;2*1-2/h8-9H,2-7H2,1H3;2*1-2H3/t8-,9+;;/m1../s1. The Morgan fingerprint density at radius 3 is 2.28 bits per heavy atom. The van der Waals surface area contributed by atoms with Gasteiger partial charge in [-0.15, -0.1) is 5.10 Å². The van der Waals surface area contributed by atoms with E-state index in [1.807, 2.05) is 27.7 Å². The molecule has 0 saturated heterocycles. The van der Waals surface area contributed by atoms with Gasteiger partial charge >= 0.3 is 0 Å². The summed E-state index contributed by atoms with van der Waals surface area (Å²) in [5.41, 5.74) is 2.69. The van der Waals surface area contributed by atoms with Crippen molar-refractivity contribution >= 4 is 0 Å². The number of rotatable bonds is 1. The first-order chi connectivity index (χ1) is 8.88. The first-order valence-electron chi connectivity index (χ1n) is 7.79. The third-order valence-corrected chi connectivity index (χ3v) is 3.79. The number of fused-ring (bicyclic) bond motifs is 2. The summed E-state index contributed by atoms with van der Waals surface area (Å²) in [6.07, 6.45) is 6.56. The van der Waals surface area contributed by atoms with Crippen LogP contribution in [-0.2, 0) is 19.4 Å². The van der Waals surface area contributed by atoms with Gasteiger partial charge in [0.25, 0.3) is 0 Å². The molecule has 2 aliphatic carbocycles. The summed E-state index contributed by atoms with van der Waals surface area (Å²) in [5, 5.41) is 8.50. The highest BCUT2D eigenvalue weighted by Gasteiger charge is 2.37. The van der Waals surface area contributed by atoms with Crippen LogP contribution in [-0.4, -0.2) is 15.0 Å². The molecule has 1 heterocycles. The van der Waals surface area contributed by atoms with E-state index < -0.39 is 0 Å². The molecule has 0 N–H and O–H groups in total. The highest BCUT2D eigenvalue weighted by Crippen LogP contribution is 2.46. The van der Waals surface area contributed by atoms with E-state index in [0.717, 1.165) is 24.8 Å². The molecular formula is C15H29N3. The molecule has 1 aromatic rings. The van der Waals surface area contributed by atoms with E-state index in [1.54, 1.807) is 0 Å². The minimum atomic E-state index is 0.969. The molecule has 1 aromatic heterocycles. The second kappa shape index (κ2) is 7.55. The number of hydrogen-bond donors (Lipinski definition) is 0. The Bertz CT molecular complexity index is 344. The number of nitrogens with zero attached hydrogens (tertiary/aromatic N) is 3. The predicted octanol–water partition coefficient (Wildman–Crippen LogP) is 3.87. The van der Waals surface area contributed by atoms with Gasteiger partial charge in [0.05, 0.1) is 11.4 Å². The molecule has 0 bridgehead atoms. The second-order valence-electron chi connectivity index (χ2n) is 4.63. The molecule has 18 heavy (non-hydrogen) atoms. The molecule has 0 spiro atoms. The first-order valence-corrected chi connectivity index (χ1v) is 7.79. The van der Waals surface area contributed by atoms with Crippen LogP contribution in [0.5, 0.6) is 0 Å². The minimum absolute atomic E-state index is 0.969. The van der Waals surface area contributed by atoms with Gasteiger partial charge in [0.2, 0.25) is 0 Å². The van der Waals surface area contributed by atoms with Crippen molar-refractivity contribution in [2.75, 3.05) is 0 Å². The Balaban J connectivity index is 0.000000371. The maximum Gasteiger partial charge on any atom is 0.0859 e. The zero-order valence-electron chi connectivity index (χ0n) is 12.7. The summed E-state index contributed by atoms with van der Waals surface area (Å²) >= 11 is 0. The van der Waals surface area contributed by atoms with Crippen LogP contribution in [0.25, 0.3) is 0 Å². The summed E-state index contributed by atoms with van der Waals surface area (Å²) in [6.45, 7) is 11.1. The first kappa shape index (κ1) is 15.2. The highest BCUT2D eigenvalue weighted by atomic mass is 15.4. The van der Waals surface area contributed by atoms with Crippen LogP contribution in [0.1, 0.15) is 65.3 Å².